The number of ether oxygens (including phenoxy) is 2. The van der Waals surface area contributed by atoms with Crippen molar-refractivity contribution in [1.82, 2.24) is 0 Å². The molecule has 3 nitrogen and oxygen atoms in total. The summed E-state index contributed by atoms with van der Waals surface area (Å²) in [7, 11) is 0. The van der Waals surface area contributed by atoms with Crippen molar-refractivity contribution in [3.05, 3.63) is 58.0 Å². The lowest BCUT2D eigenvalue weighted by molar-refractivity contribution is -0.136. The maximum Gasteiger partial charge on any atom is 0.349 e. The Hall–Kier alpha value is -1.52. The third-order valence-electron chi connectivity index (χ3n) is 2.24. The first-order valence-electron chi connectivity index (χ1n) is 5.49. The van der Waals surface area contributed by atoms with Crippen molar-refractivity contribution in [3.8, 4) is 11.5 Å². The number of esters is 1. The first-order chi connectivity index (χ1) is 9.16. The zero-order valence-corrected chi connectivity index (χ0v) is 12.1. The Morgan fingerprint density at radius 2 is 1.68 bits per heavy atom. The van der Waals surface area contributed by atoms with Gasteiger partial charge in [-0.05, 0) is 40.2 Å². The fourth-order valence-electron chi connectivity index (χ4n) is 1.38. The van der Waals surface area contributed by atoms with Crippen LogP contribution in [0.5, 0.6) is 11.5 Å². The fourth-order valence-corrected chi connectivity index (χ4v) is 1.95. The summed E-state index contributed by atoms with van der Waals surface area (Å²) >= 11 is 9.21. The van der Waals surface area contributed by atoms with E-state index in [-0.39, 0.29) is 6.61 Å². The van der Waals surface area contributed by atoms with Crippen molar-refractivity contribution in [1.29, 1.82) is 0 Å². The number of para-hydroxylation sites is 2. The molecule has 0 aromatic heterocycles. The lowest BCUT2D eigenvalue weighted by Gasteiger charge is -2.08. The third kappa shape index (κ3) is 3.98. The van der Waals surface area contributed by atoms with Gasteiger partial charge in [-0.1, -0.05) is 35.9 Å². The molecule has 98 valence electrons. The van der Waals surface area contributed by atoms with E-state index in [1.54, 1.807) is 30.3 Å². The normalized spacial score (nSPS) is 10.0. The summed E-state index contributed by atoms with van der Waals surface area (Å²) in [4.78, 5) is 11.6. The molecule has 2 aromatic rings. The Morgan fingerprint density at radius 1 is 1.05 bits per heavy atom. The molecule has 0 N–H and O–H groups in total. The van der Waals surface area contributed by atoms with Crippen LogP contribution in [-0.4, -0.2) is 12.6 Å². The summed E-state index contributed by atoms with van der Waals surface area (Å²) in [6.45, 7) is -0.187. The standard InChI is InChI=1S/C14H10BrClO3/c15-10-5-1-3-7-12(10)18-9-14(17)19-13-8-4-2-6-11(13)16/h1-8H,9H2. The molecule has 0 radical (unpaired) electrons. The Bertz CT molecular complexity index is 586. The van der Waals surface area contributed by atoms with Crippen molar-refractivity contribution in [2.75, 3.05) is 6.61 Å². The second-order valence-electron chi connectivity index (χ2n) is 3.62. The van der Waals surface area contributed by atoms with Gasteiger partial charge in [0.05, 0.1) is 9.50 Å². The van der Waals surface area contributed by atoms with Gasteiger partial charge in [0, 0.05) is 0 Å². The molecule has 0 saturated heterocycles. The Balaban J connectivity index is 1.92. The average molecular weight is 342 g/mol. The van der Waals surface area contributed by atoms with Gasteiger partial charge >= 0.3 is 5.97 Å². The van der Waals surface area contributed by atoms with Crippen molar-refractivity contribution in [2.24, 2.45) is 0 Å². The molecule has 0 spiro atoms. The van der Waals surface area contributed by atoms with Crippen LogP contribution in [0.3, 0.4) is 0 Å². The van der Waals surface area contributed by atoms with Crippen molar-refractivity contribution in [2.45, 2.75) is 0 Å². The van der Waals surface area contributed by atoms with Crippen molar-refractivity contribution in [3.63, 3.8) is 0 Å². The highest BCUT2D eigenvalue weighted by Crippen LogP contribution is 2.25. The summed E-state index contributed by atoms with van der Waals surface area (Å²) < 4.78 is 11.2. The zero-order chi connectivity index (χ0) is 13.7. The van der Waals surface area contributed by atoms with Crippen LogP contribution in [0.25, 0.3) is 0 Å². The molecule has 2 rings (SSSR count). The minimum atomic E-state index is -0.510. The summed E-state index contributed by atoms with van der Waals surface area (Å²) in [5, 5.41) is 0.386. The minimum absolute atomic E-state index is 0.187. The van der Waals surface area contributed by atoms with Gasteiger partial charge < -0.3 is 9.47 Å². The Labute approximate surface area is 124 Å². The smallest absolute Gasteiger partial charge is 0.349 e. The summed E-state index contributed by atoms with van der Waals surface area (Å²) in [6, 6.07) is 14.0. The van der Waals surface area contributed by atoms with E-state index in [0.717, 1.165) is 4.47 Å². The molecule has 0 fully saturated rings. The molecular formula is C14H10BrClO3. The lowest BCUT2D eigenvalue weighted by atomic mass is 10.3. The van der Waals surface area contributed by atoms with Crippen LogP contribution in [0, 0.1) is 0 Å². The van der Waals surface area contributed by atoms with E-state index < -0.39 is 5.97 Å². The largest absolute Gasteiger partial charge is 0.481 e. The summed E-state index contributed by atoms with van der Waals surface area (Å²) in [5.41, 5.74) is 0. The van der Waals surface area contributed by atoms with Crippen LogP contribution >= 0.6 is 27.5 Å². The molecule has 0 amide bonds. The van der Waals surface area contributed by atoms with Crippen LogP contribution in [0.2, 0.25) is 5.02 Å². The molecule has 0 bridgehead atoms. The molecule has 0 aliphatic heterocycles. The second kappa shape index (κ2) is 6.59. The van der Waals surface area contributed by atoms with E-state index in [1.807, 2.05) is 18.2 Å². The van der Waals surface area contributed by atoms with Gasteiger partial charge in [0.1, 0.15) is 11.5 Å². The monoisotopic (exact) mass is 340 g/mol. The Kier molecular flexibility index (Phi) is 4.82. The SMILES string of the molecule is O=C(COc1ccccc1Br)Oc1ccccc1Cl. The first-order valence-corrected chi connectivity index (χ1v) is 6.66. The number of rotatable bonds is 4. The van der Waals surface area contributed by atoms with Crippen molar-refractivity contribution >= 4 is 33.5 Å². The van der Waals surface area contributed by atoms with Gasteiger partial charge in [0.15, 0.2) is 6.61 Å². The average Bonchev–Trinajstić information content (AvgIpc) is 2.40. The van der Waals surface area contributed by atoms with Crippen molar-refractivity contribution < 1.29 is 14.3 Å². The summed E-state index contributed by atoms with van der Waals surface area (Å²) in [5.74, 6) is 0.396. The number of halogens is 2. The minimum Gasteiger partial charge on any atom is -0.481 e. The Morgan fingerprint density at radius 3 is 2.37 bits per heavy atom. The maximum atomic E-state index is 11.6. The highest BCUT2D eigenvalue weighted by Gasteiger charge is 2.09. The predicted octanol–water partition coefficient (Wildman–Crippen LogP) is 4.09. The summed E-state index contributed by atoms with van der Waals surface area (Å²) in [6.07, 6.45) is 0. The number of carbonyl (C=O) groups is 1. The predicted molar refractivity (Wildman–Crippen MR) is 76.7 cm³/mol. The molecule has 2 aromatic carbocycles. The highest BCUT2D eigenvalue weighted by atomic mass is 79.9. The number of hydrogen-bond donors (Lipinski definition) is 0. The van der Waals surface area contributed by atoms with Gasteiger partial charge in [-0.15, -0.1) is 0 Å². The van der Waals surface area contributed by atoms with E-state index in [4.69, 9.17) is 21.1 Å². The van der Waals surface area contributed by atoms with Gasteiger partial charge in [0.25, 0.3) is 0 Å². The quantitative estimate of drug-likeness (QED) is 0.621. The van der Waals surface area contributed by atoms with E-state index in [1.165, 1.54) is 0 Å². The topological polar surface area (TPSA) is 35.5 Å². The number of benzene rings is 2. The third-order valence-corrected chi connectivity index (χ3v) is 3.21. The molecule has 5 heteroatoms. The van der Waals surface area contributed by atoms with Crippen LogP contribution in [0.4, 0.5) is 0 Å². The molecule has 0 saturated carbocycles. The van der Waals surface area contributed by atoms with Gasteiger partial charge in [0.2, 0.25) is 0 Å². The van der Waals surface area contributed by atoms with Gasteiger partial charge in [-0.2, -0.15) is 0 Å². The molecule has 0 heterocycles. The van der Waals surface area contributed by atoms with Crippen LogP contribution in [-0.2, 0) is 4.79 Å². The molecule has 0 aliphatic carbocycles. The molecule has 0 atom stereocenters. The highest BCUT2D eigenvalue weighted by molar-refractivity contribution is 9.10. The van der Waals surface area contributed by atoms with Crippen LogP contribution in [0.1, 0.15) is 0 Å². The zero-order valence-electron chi connectivity index (χ0n) is 9.81. The van der Waals surface area contributed by atoms with E-state index in [9.17, 15) is 4.79 Å². The van der Waals surface area contributed by atoms with Crippen LogP contribution in [0.15, 0.2) is 53.0 Å². The van der Waals surface area contributed by atoms with Crippen LogP contribution < -0.4 is 9.47 Å². The molecule has 19 heavy (non-hydrogen) atoms. The van der Waals surface area contributed by atoms with Gasteiger partial charge in [-0.3, -0.25) is 0 Å². The number of carbonyl (C=O) groups excluding carboxylic acids is 1. The maximum absolute atomic E-state index is 11.6. The van der Waals surface area contributed by atoms with Gasteiger partial charge in [-0.25, -0.2) is 4.79 Å². The molecule has 0 aliphatic rings. The second-order valence-corrected chi connectivity index (χ2v) is 4.89. The number of hydrogen-bond acceptors (Lipinski definition) is 3. The van der Waals surface area contributed by atoms with E-state index in [0.29, 0.717) is 16.5 Å². The van der Waals surface area contributed by atoms with E-state index in [2.05, 4.69) is 15.9 Å². The van der Waals surface area contributed by atoms with E-state index >= 15 is 0 Å². The first kappa shape index (κ1) is 13.9. The molecular weight excluding hydrogens is 332 g/mol. The lowest BCUT2D eigenvalue weighted by Crippen LogP contribution is -2.17. The molecule has 0 unspecified atom stereocenters. The fraction of sp³-hybridized carbons (Fsp3) is 0.0714.